The fourth-order valence-electron chi connectivity index (χ4n) is 1.78. The van der Waals surface area contributed by atoms with Crippen molar-refractivity contribution in [3.8, 4) is 10.6 Å². The number of amides is 1. The van der Waals surface area contributed by atoms with Gasteiger partial charge < -0.3 is 10.4 Å². The predicted octanol–water partition coefficient (Wildman–Crippen LogP) is 3.35. The van der Waals surface area contributed by atoms with Gasteiger partial charge in [-0.3, -0.25) is 4.79 Å². The van der Waals surface area contributed by atoms with Crippen LogP contribution in [-0.4, -0.2) is 28.6 Å². The van der Waals surface area contributed by atoms with Crippen LogP contribution in [0.15, 0.2) is 30.5 Å². The van der Waals surface area contributed by atoms with Gasteiger partial charge in [-0.05, 0) is 18.9 Å². The number of halogens is 1. The number of hydrogen-bond donors (Lipinski definition) is 2. The number of carbonyl (C=O) groups is 1. The number of thiazole rings is 1. The third-order valence-corrected chi connectivity index (χ3v) is 4.43. The Bertz CT molecular complexity index is 615. The zero-order valence-electron chi connectivity index (χ0n) is 11.7. The lowest BCUT2D eigenvalue weighted by Crippen LogP contribution is -2.26. The number of aromatic nitrogens is 1. The molecule has 0 aliphatic carbocycles. The zero-order chi connectivity index (χ0) is 15.2. The molecule has 4 nitrogen and oxygen atoms in total. The number of carbonyl (C=O) groups excluding carboxylic acids is 1. The maximum Gasteiger partial charge on any atom is 0.263 e. The van der Waals surface area contributed by atoms with Gasteiger partial charge in [0.1, 0.15) is 9.88 Å². The highest BCUT2D eigenvalue weighted by molar-refractivity contribution is 7.17. The third kappa shape index (κ3) is 4.27. The lowest BCUT2D eigenvalue weighted by Gasteiger charge is -2.07. The van der Waals surface area contributed by atoms with Gasteiger partial charge in [-0.2, -0.15) is 0 Å². The molecule has 0 saturated heterocycles. The van der Waals surface area contributed by atoms with Crippen LogP contribution in [0.5, 0.6) is 0 Å². The molecule has 0 aliphatic heterocycles. The van der Waals surface area contributed by atoms with E-state index in [9.17, 15) is 9.90 Å². The topological polar surface area (TPSA) is 62.2 Å². The molecule has 21 heavy (non-hydrogen) atoms. The molecular formula is C15H17ClN2O2S. The SMILES string of the molecule is CCC(O)CCNC(=O)c1cnc(-c2ccccc2Cl)s1. The molecule has 1 unspecified atom stereocenters. The van der Waals surface area contributed by atoms with Gasteiger partial charge in [0.2, 0.25) is 0 Å². The molecule has 0 saturated carbocycles. The van der Waals surface area contributed by atoms with Crippen LogP contribution in [0.1, 0.15) is 29.4 Å². The minimum Gasteiger partial charge on any atom is -0.393 e. The molecule has 2 N–H and O–H groups in total. The second-order valence-electron chi connectivity index (χ2n) is 4.62. The molecule has 2 aromatic rings. The van der Waals surface area contributed by atoms with Gasteiger partial charge in [0.25, 0.3) is 5.91 Å². The number of aliphatic hydroxyl groups is 1. The summed E-state index contributed by atoms with van der Waals surface area (Å²) in [6.07, 6.45) is 2.42. The molecular weight excluding hydrogens is 308 g/mol. The summed E-state index contributed by atoms with van der Waals surface area (Å²) in [6, 6.07) is 7.41. The van der Waals surface area contributed by atoms with Crippen molar-refractivity contribution in [2.24, 2.45) is 0 Å². The van der Waals surface area contributed by atoms with E-state index in [4.69, 9.17) is 11.6 Å². The average Bonchev–Trinajstić information content (AvgIpc) is 2.97. The number of hydrogen-bond acceptors (Lipinski definition) is 4. The van der Waals surface area contributed by atoms with E-state index in [0.29, 0.717) is 29.3 Å². The van der Waals surface area contributed by atoms with Crippen molar-refractivity contribution in [2.75, 3.05) is 6.54 Å². The number of nitrogens with zero attached hydrogens (tertiary/aromatic N) is 1. The molecule has 0 bridgehead atoms. The van der Waals surface area contributed by atoms with Gasteiger partial charge in [0.15, 0.2) is 0 Å². The Balaban J connectivity index is 2.00. The molecule has 0 aliphatic rings. The molecule has 1 aromatic carbocycles. The summed E-state index contributed by atoms with van der Waals surface area (Å²) in [6.45, 7) is 2.36. The molecule has 6 heteroatoms. The minimum absolute atomic E-state index is 0.172. The van der Waals surface area contributed by atoms with Crippen molar-refractivity contribution in [2.45, 2.75) is 25.9 Å². The fourth-order valence-corrected chi connectivity index (χ4v) is 2.94. The Morgan fingerprint density at radius 3 is 2.95 bits per heavy atom. The predicted molar refractivity (Wildman–Crippen MR) is 85.8 cm³/mol. The van der Waals surface area contributed by atoms with E-state index >= 15 is 0 Å². The van der Waals surface area contributed by atoms with Gasteiger partial charge in [0.05, 0.1) is 17.3 Å². The van der Waals surface area contributed by atoms with Crippen LogP contribution in [0.3, 0.4) is 0 Å². The lowest BCUT2D eigenvalue weighted by atomic mass is 10.2. The van der Waals surface area contributed by atoms with Crippen molar-refractivity contribution in [1.82, 2.24) is 10.3 Å². The molecule has 1 aromatic heterocycles. The Labute approximate surface area is 132 Å². The number of benzene rings is 1. The van der Waals surface area contributed by atoms with Gasteiger partial charge >= 0.3 is 0 Å². The molecule has 0 spiro atoms. The molecule has 2 rings (SSSR count). The van der Waals surface area contributed by atoms with Crippen LogP contribution in [-0.2, 0) is 0 Å². The van der Waals surface area contributed by atoms with Crippen LogP contribution in [0.2, 0.25) is 5.02 Å². The summed E-state index contributed by atoms with van der Waals surface area (Å²) in [7, 11) is 0. The van der Waals surface area contributed by atoms with Crippen LogP contribution in [0.25, 0.3) is 10.6 Å². The van der Waals surface area contributed by atoms with Crippen molar-refractivity contribution < 1.29 is 9.90 Å². The fraction of sp³-hybridized carbons (Fsp3) is 0.333. The minimum atomic E-state index is -0.370. The largest absolute Gasteiger partial charge is 0.393 e. The van der Waals surface area contributed by atoms with Crippen molar-refractivity contribution in [3.05, 3.63) is 40.4 Å². The molecule has 1 atom stereocenters. The third-order valence-electron chi connectivity index (χ3n) is 3.07. The first-order valence-electron chi connectivity index (χ1n) is 6.78. The van der Waals surface area contributed by atoms with E-state index in [2.05, 4.69) is 10.3 Å². The normalized spacial score (nSPS) is 12.1. The Morgan fingerprint density at radius 2 is 2.24 bits per heavy atom. The van der Waals surface area contributed by atoms with E-state index in [1.165, 1.54) is 11.3 Å². The first-order valence-corrected chi connectivity index (χ1v) is 7.98. The summed E-state index contributed by atoms with van der Waals surface area (Å²) in [5.41, 5.74) is 0.824. The Hall–Kier alpha value is -1.43. The molecule has 1 amide bonds. The zero-order valence-corrected chi connectivity index (χ0v) is 13.2. The summed E-state index contributed by atoms with van der Waals surface area (Å²) in [4.78, 5) is 16.8. The van der Waals surface area contributed by atoms with Gasteiger partial charge in [-0.25, -0.2) is 4.98 Å². The Kier molecular flexibility index (Phi) is 5.73. The highest BCUT2D eigenvalue weighted by Gasteiger charge is 2.13. The first-order chi connectivity index (χ1) is 10.1. The second kappa shape index (κ2) is 7.54. The highest BCUT2D eigenvalue weighted by Crippen LogP contribution is 2.30. The highest BCUT2D eigenvalue weighted by atomic mass is 35.5. The standard InChI is InChI=1S/C15H17ClN2O2S/c1-2-10(19)7-8-17-14(20)13-9-18-15(21-13)11-5-3-4-6-12(11)16/h3-6,9-10,19H,2,7-8H2,1H3,(H,17,20). The van der Waals surface area contributed by atoms with E-state index in [-0.39, 0.29) is 12.0 Å². The maximum atomic E-state index is 12.0. The molecule has 0 radical (unpaired) electrons. The summed E-state index contributed by atoms with van der Waals surface area (Å²) in [5, 5.41) is 13.6. The van der Waals surface area contributed by atoms with Crippen LogP contribution >= 0.6 is 22.9 Å². The number of rotatable bonds is 6. The van der Waals surface area contributed by atoms with Crippen molar-refractivity contribution in [1.29, 1.82) is 0 Å². The molecule has 1 heterocycles. The van der Waals surface area contributed by atoms with E-state index in [0.717, 1.165) is 10.6 Å². The van der Waals surface area contributed by atoms with Crippen LogP contribution < -0.4 is 5.32 Å². The molecule has 112 valence electrons. The quantitative estimate of drug-likeness (QED) is 0.856. The Morgan fingerprint density at radius 1 is 1.48 bits per heavy atom. The van der Waals surface area contributed by atoms with E-state index in [1.54, 1.807) is 12.3 Å². The summed E-state index contributed by atoms with van der Waals surface area (Å²) in [5.74, 6) is -0.172. The number of nitrogens with one attached hydrogen (secondary N) is 1. The summed E-state index contributed by atoms with van der Waals surface area (Å²) >= 11 is 7.42. The van der Waals surface area contributed by atoms with E-state index < -0.39 is 0 Å². The monoisotopic (exact) mass is 324 g/mol. The number of aliphatic hydroxyl groups excluding tert-OH is 1. The van der Waals surface area contributed by atoms with Crippen molar-refractivity contribution in [3.63, 3.8) is 0 Å². The van der Waals surface area contributed by atoms with Gasteiger partial charge in [-0.1, -0.05) is 36.7 Å². The van der Waals surface area contributed by atoms with Gasteiger partial charge in [-0.15, -0.1) is 11.3 Å². The summed E-state index contributed by atoms with van der Waals surface area (Å²) < 4.78 is 0. The van der Waals surface area contributed by atoms with Crippen LogP contribution in [0, 0.1) is 0 Å². The van der Waals surface area contributed by atoms with E-state index in [1.807, 2.05) is 25.1 Å². The molecule has 0 fully saturated rings. The van der Waals surface area contributed by atoms with Gasteiger partial charge in [0, 0.05) is 12.1 Å². The lowest BCUT2D eigenvalue weighted by molar-refractivity contribution is 0.0946. The maximum absolute atomic E-state index is 12.0. The van der Waals surface area contributed by atoms with Crippen molar-refractivity contribution >= 4 is 28.8 Å². The first kappa shape index (κ1) is 15.9. The second-order valence-corrected chi connectivity index (χ2v) is 6.05. The smallest absolute Gasteiger partial charge is 0.263 e. The van der Waals surface area contributed by atoms with Crippen LogP contribution in [0.4, 0.5) is 0 Å². The average molecular weight is 325 g/mol.